The molecule has 3 heteroatoms. The monoisotopic (exact) mass is 118 g/mol. The molecular formula is C4H10N2S. The van der Waals surface area contributed by atoms with E-state index >= 15 is 0 Å². The number of thiol groups is 1. The molecule has 42 valence electrons. The minimum absolute atomic E-state index is 0.508. The fraction of sp³-hybridized carbons (Fsp3) is 1.00. The van der Waals surface area contributed by atoms with Crippen molar-refractivity contribution < 1.29 is 0 Å². The maximum Gasteiger partial charge on any atom is 0.0454 e. The van der Waals surface area contributed by atoms with Gasteiger partial charge in [0.2, 0.25) is 0 Å². The molecular weight excluding hydrogens is 108 g/mol. The molecule has 0 aliphatic carbocycles. The van der Waals surface area contributed by atoms with Crippen molar-refractivity contribution in [3.05, 3.63) is 0 Å². The molecule has 0 aromatic heterocycles. The summed E-state index contributed by atoms with van der Waals surface area (Å²) in [5, 5.41) is 6.80. The molecule has 2 nitrogen and oxygen atoms in total. The fourth-order valence-electron chi connectivity index (χ4n) is 0.638. The van der Waals surface area contributed by atoms with Crippen molar-refractivity contribution in [2.75, 3.05) is 19.8 Å². The van der Waals surface area contributed by atoms with Crippen molar-refractivity contribution in [2.45, 2.75) is 5.25 Å². The fourth-order valence-corrected chi connectivity index (χ4v) is 0.896. The van der Waals surface area contributed by atoms with Gasteiger partial charge in [0.05, 0.1) is 0 Å². The molecule has 0 amide bonds. The van der Waals surface area contributed by atoms with Crippen LogP contribution < -0.4 is 10.6 Å². The topological polar surface area (TPSA) is 24.1 Å². The molecule has 0 aromatic rings. The average molecular weight is 118 g/mol. The van der Waals surface area contributed by atoms with Crippen LogP contribution in [-0.2, 0) is 0 Å². The molecule has 1 saturated heterocycles. The van der Waals surface area contributed by atoms with Crippen LogP contribution in [-0.4, -0.2) is 25.0 Å². The van der Waals surface area contributed by atoms with Crippen molar-refractivity contribution in [1.29, 1.82) is 0 Å². The molecule has 1 fully saturated rings. The Bertz CT molecular complexity index is 51.7. The highest BCUT2D eigenvalue weighted by Gasteiger charge is 2.04. The smallest absolute Gasteiger partial charge is 0.0454 e. The largest absolute Gasteiger partial charge is 0.303 e. The van der Waals surface area contributed by atoms with Gasteiger partial charge in [-0.25, -0.2) is 0 Å². The van der Waals surface area contributed by atoms with E-state index < -0.39 is 0 Å². The van der Waals surface area contributed by atoms with E-state index in [9.17, 15) is 0 Å². The maximum absolute atomic E-state index is 4.24. The van der Waals surface area contributed by atoms with Crippen LogP contribution in [0, 0.1) is 0 Å². The normalized spacial score (nSPS) is 25.3. The summed E-state index contributed by atoms with van der Waals surface area (Å²) in [7, 11) is 0. The Hall–Kier alpha value is 0.270. The van der Waals surface area contributed by atoms with Gasteiger partial charge in [-0.05, 0) is 0 Å². The van der Waals surface area contributed by atoms with E-state index in [0.29, 0.717) is 5.25 Å². The SMILES string of the molecule is SC1CNCNC1. The lowest BCUT2D eigenvalue weighted by molar-refractivity contribution is 0.507. The van der Waals surface area contributed by atoms with Crippen LogP contribution in [0.2, 0.25) is 0 Å². The van der Waals surface area contributed by atoms with E-state index in [1.54, 1.807) is 0 Å². The van der Waals surface area contributed by atoms with E-state index in [1.807, 2.05) is 0 Å². The lowest BCUT2D eigenvalue weighted by Crippen LogP contribution is -2.44. The molecule has 0 atom stereocenters. The Kier molecular flexibility index (Phi) is 1.97. The van der Waals surface area contributed by atoms with Crippen molar-refractivity contribution in [1.82, 2.24) is 10.6 Å². The number of nitrogens with one attached hydrogen (secondary N) is 2. The number of hydrogen-bond acceptors (Lipinski definition) is 3. The molecule has 0 radical (unpaired) electrons. The molecule has 7 heavy (non-hydrogen) atoms. The predicted octanol–water partition coefficient (Wildman–Crippen LogP) is -0.565. The van der Waals surface area contributed by atoms with Gasteiger partial charge in [0.1, 0.15) is 0 Å². The third-order valence-electron chi connectivity index (χ3n) is 1.01. The summed E-state index contributed by atoms with van der Waals surface area (Å²) in [6.07, 6.45) is 0. The van der Waals surface area contributed by atoms with E-state index in [1.165, 1.54) is 0 Å². The van der Waals surface area contributed by atoms with E-state index in [-0.39, 0.29) is 0 Å². The van der Waals surface area contributed by atoms with Gasteiger partial charge in [-0.1, -0.05) is 0 Å². The number of rotatable bonds is 0. The second-order valence-electron chi connectivity index (χ2n) is 1.74. The van der Waals surface area contributed by atoms with Crippen LogP contribution in [0.1, 0.15) is 0 Å². The van der Waals surface area contributed by atoms with Gasteiger partial charge in [0, 0.05) is 25.0 Å². The summed E-state index contributed by atoms with van der Waals surface area (Å²) in [4.78, 5) is 0. The average Bonchev–Trinajstić information content (AvgIpc) is 1.69. The van der Waals surface area contributed by atoms with Gasteiger partial charge in [0.25, 0.3) is 0 Å². The first kappa shape index (κ1) is 5.41. The Morgan fingerprint density at radius 3 is 2.14 bits per heavy atom. The summed E-state index contributed by atoms with van der Waals surface area (Å²) < 4.78 is 0. The maximum atomic E-state index is 4.24. The zero-order valence-electron chi connectivity index (χ0n) is 4.15. The quantitative estimate of drug-likeness (QED) is 0.371. The first-order valence-corrected chi connectivity index (χ1v) is 3.01. The van der Waals surface area contributed by atoms with Crippen molar-refractivity contribution in [3.8, 4) is 0 Å². The van der Waals surface area contributed by atoms with Gasteiger partial charge in [-0.15, -0.1) is 0 Å². The Labute approximate surface area is 49.1 Å². The molecule has 0 bridgehead atoms. The van der Waals surface area contributed by atoms with Crippen molar-refractivity contribution in [3.63, 3.8) is 0 Å². The minimum Gasteiger partial charge on any atom is -0.303 e. The van der Waals surface area contributed by atoms with E-state index in [4.69, 9.17) is 0 Å². The van der Waals surface area contributed by atoms with Gasteiger partial charge >= 0.3 is 0 Å². The highest BCUT2D eigenvalue weighted by molar-refractivity contribution is 7.81. The van der Waals surface area contributed by atoms with Crippen LogP contribution in [0.25, 0.3) is 0 Å². The summed E-state index contributed by atoms with van der Waals surface area (Å²) >= 11 is 4.24. The highest BCUT2D eigenvalue weighted by atomic mass is 32.1. The third kappa shape index (κ3) is 1.67. The molecule has 0 saturated carbocycles. The van der Waals surface area contributed by atoms with E-state index in [0.717, 1.165) is 19.8 Å². The molecule has 1 rings (SSSR count). The standard InChI is InChI=1S/C4H10N2S/c7-4-1-5-3-6-2-4/h4-7H,1-3H2. The lowest BCUT2D eigenvalue weighted by atomic mass is 10.4. The minimum atomic E-state index is 0.508. The van der Waals surface area contributed by atoms with Crippen LogP contribution in [0.4, 0.5) is 0 Å². The van der Waals surface area contributed by atoms with Crippen LogP contribution in [0.5, 0.6) is 0 Å². The molecule has 1 heterocycles. The van der Waals surface area contributed by atoms with Crippen LogP contribution in [0.15, 0.2) is 0 Å². The Balaban J connectivity index is 2.12. The van der Waals surface area contributed by atoms with Gasteiger partial charge in [0.15, 0.2) is 0 Å². The Morgan fingerprint density at radius 1 is 1.29 bits per heavy atom. The van der Waals surface area contributed by atoms with Crippen molar-refractivity contribution >= 4 is 12.6 Å². The molecule has 0 unspecified atom stereocenters. The van der Waals surface area contributed by atoms with Gasteiger partial charge in [-0.3, -0.25) is 0 Å². The second kappa shape index (κ2) is 2.55. The zero-order valence-corrected chi connectivity index (χ0v) is 5.04. The summed E-state index contributed by atoms with van der Waals surface area (Å²) in [5.74, 6) is 0. The molecule has 0 aromatic carbocycles. The van der Waals surface area contributed by atoms with Gasteiger partial charge < -0.3 is 10.6 Å². The summed E-state index contributed by atoms with van der Waals surface area (Å²) in [6, 6.07) is 0. The predicted molar refractivity (Wildman–Crippen MR) is 33.6 cm³/mol. The van der Waals surface area contributed by atoms with Gasteiger partial charge in [-0.2, -0.15) is 12.6 Å². The lowest BCUT2D eigenvalue weighted by Gasteiger charge is -2.18. The van der Waals surface area contributed by atoms with Crippen LogP contribution >= 0.6 is 12.6 Å². The molecule has 0 spiro atoms. The molecule has 1 aliphatic heterocycles. The molecule has 1 aliphatic rings. The zero-order chi connectivity index (χ0) is 5.11. The molecule has 2 N–H and O–H groups in total. The second-order valence-corrected chi connectivity index (χ2v) is 2.47. The first-order valence-electron chi connectivity index (χ1n) is 2.49. The number of hydrogen-bond donors (Lipinski definition) is 3. The van der Waals surface area contributed by atoms with E-state index in [2.05, 4.69) is 23.3 Å². The highest BCUT2D eigenvalue weighted by Crippen LogP contribution is 1.91. The third-order valence-corrected chi connectivity index (χ3v) is 1.38. The Morgan fingerprint density at radius 2 is 1.86 bits per heavy atom. The van der Waals surface area contributed by atoms with Crippen LogP contribution in [0.3, 0.4) is 0 Å². The summed E-state index contributed by atoms with van der Waals surface area (Å²) in [5.41, 5.74) is 0. The first-order chi connectivity index (χ1) is 3.39. The van der Waals surface area contributed by atoms with Crippen molar-refractivity contribution in [2.24, 2.45) is 0 Å². The summed E-state index contributed by atoms with van der Waals surface area (Å²) in [6.45, 7) is 3.02.